The maximum absolute atomic E-state index is 12.9. The fourth-order valence-electron chi connectivity index (χ4n) is 5.68. The molecule has 0 radical (unpaired) electrons. The van der Waals surface area contributed by atoms with Gasteiger partial charge >= 0.3 is 0 Å². The molecule has 5 aromatic rings. The van der Waals surface area contributed by atoms with Crippen LogP contribution in [-0.4, -0.2) is 56.7 Å². The molecule has 236 valence electrons. The van der Waals surface area contributed by atoms with Gasteiger partial charge in [0.15, 0.2) is 6.29 Å². The zero-order valence-corrected chi connectivity index (χ0v) is 25.9. The monoisotopic (exact) mass is 618 g/mol. The predicted molar refractivity (Wildman–Crippen MR) is 176 cm³/mol. The lowest BCUT2D eigenvalue weighted by atomic mass is 9.98. The quantitative estimate of drug-likeness (QED) is 0.175. The normalized spacial score (nSPS) is 19.5. The SMILES string of the molecule is C[C@H]([C@@H](O)c1ccccc1)N(C)C[C@@H]1C[C@H](c2ccc(CO)cc2)O[C@H](c2ccc(NC(=O)c3cnc4ccccc4n3)cc2)O1. The Morgan fingerprint density at radius 1 is 0.913 bits per heavy atom. The van der Waals surface area contributed by atoms with Crippen LogP contribution in [0.25, 0.3) is 11.0 Å². The molecule has 4 aromatic carbocycles. The van der Waals surface area contributed by atoms with Gasteiger partial charge in [-0.1, -0.05) is 78.9 Å². The third kappa shape index (κ3) is 7.31. The zero-order valence-electron chi connectivity index (χ0n) is 25.9. The Bertz CT molecular complexity index is 1750. The average Bonchev–Trinajstić information content (AvgIpc) is 3.11. The van der Waals surface area contributed by atoms with E-state index in [0.717, 1.165) is 27.8 Å². The van der Waals surface area contributed by atoms with Crippen molar-refractivity contribution < 1.29 is 24.5 Å². The van der Waals surface area contributed by atoms with Gasteiger partial charge in [-0.2, -0.15) is 0 Å². The molecule has 1 aromatic heterocycles. The van der Waals surface area contributed by atoms with Gasteiger partial charge in [0.1, 0.15) is 5.69 Å². The molecule has 1 aliphatic heterocycles. The maximum Gasteiger partial charge on any atom is 0.275 e. The number of nitrogens with one attached hydrogen (secondary N) is 1. The number of nitrogens with zero attached hydrogens (tertiary/aromatic N) is 3. The number of hydrogen-bond acceptors (Lipinski definition) is 8. The van der Waals surface area contributed by atoms with Crippen molar-refractivity contribution in [3.05, 3.63) is 137 Å². The van der Waals surface area contributed by atoms with Gasteiger partial charge in [0, 0.05) is 30.3 Å². The van der Waals surface area contributed by atoms with Gasteiger partial charge in [-0.05, 0) is 54.9 Å². The lowest BCUT2D eigenvalue weighted by molar-refractivity contribution is -0.253. The highest BCUT2D eigenvalue weighted by Gasteiger charge is 2.34. The van der Waals surface area contributed by atoms with Crippen molar-refractivity contribution in [2.24, 2.45) is 0 Å². The number of benzene rings is 4. The van der Waals surface area contributed by atoms with Gasteiger partial charge in [-0.15, -0.1) is 0 Å². The number of likely N-dealkylation sites (N-methyl/N-ethyl adjacent to an activating group) is 1. The van der Waals surface area contributed by atoms with E-state index in [9.17, 15) is 15.0 Å². The summed E-state index contributed by atoms with van der Waals surface area (Å²) in [5.74, 6) is -0.350. The highest BCUT2D eigenvalue weighted by molar-refractivity contribution is 6.03. The number of amides is 1. The summed E-state index contributed by atoms with van der Waals surface area (Å²) in [6, 6.07) is 32.1. The Labute approximate surface area is 268 Å². The average molecular weight is 619 g/mol. The molecule has 1 saturated heterocycles. The van der Waals surface area contributed by atoms with Gasteiger partial charge < -0.3 is 25.0 Å². The summed E-state index contributed by atoms with van der Waals surface area (Å²) < 4.78 is 13.0. The first-order chi connectivity index (χ1) is 22.4. The van der Waals surface area contributed by atoms with Crippen molar-refractivity contribution in [1.82, 2.24) is 14.9 Å². The van der Waals surface area contributed by atoms with Crippen molar-refractivity contribution in [1.29, 1.82) is 0 Å². The smallest absolute Gasteiger partial charge is 0.275 e. The Morgan fingerprint density at radius 2 is 1.59 bits per heavy atom. The molecule has 5 atom stereocenters. The van der Waals surface area contributed by atoms with Gasteiger partial charge in [0.2, 0.25) is 0 Å². The summed E-state index contributed by atoms with van der Waals surface area (Å²) in [4.78, 5) is 23.8. The zero-order chi connectivity index (χ0) is 32.0. The van der Waals surface area contributed by atoms with Crippen LogP contribution in [0.4, 0.5) is 5.69 Å². The number of carbonyl (C=O) groups is 1. The van der Waals surface area contributed by atoms with E-state index in [1.54, 1.807) is 0 Å². The molecular formula is C37H38N4O5. The number of rotatable bonds is 10. The summed E-state index contributed by atoms with van der Waals surface area (Å²) in [7, 11) is 1.99. The van der Waals surface area contributed by atoms with Crippen molar-refractivity contribution in [2.45, 2.75) is 50.6 Å². The molecular weight excluding hydrogens is 580 g/mol. The van der Waals surface area contributed by atoms with Gasteiger partial charge in [-0.25, -0.2) is 4.98 Å². The summed E-state index contributed by atoms with van der Waals surface area (Å²) in [5, 5.41) is 23.5. The predicted octanol–water partition coefficient (Wildman–Crippen LogP) is 5.97. The molecule has 0 unspecified atom stereocenters. The molecule has 1 fully saturated rings. The van der Waals surface area contributed by atoms with Gasteiger partial charge in [0.05, 0.1) is 42.1 Å². The van der Waals surface area contributed by atoms with Crippen LogP contribution in [0.5, 0.6) is 0 Å². The van der Waals surface area contributed by atoms with Crippen LogP contribution in [0.3, 0.4) is 0 Å². The minimum absolute atomic E-state index is 0.0249. The summed E-state index contributed by atoms with van der Waals surface area (Å²) in [5.41, 5.74) is 5.73. The molecule has 3 N–H and O–H groups in total. The molecule has 9 heteroatoms. The van der Waals surface area contributed by atoms with E-state index in [1.165, 1.54) is 6.20 Å². The highest BCUT2D eigenvalue weighted by atomic mass is 16.7. The molecule has 0 aliphatic carbocycles. The largest absolute Gasteiger partial charge is 0.392 e. The van der Waals surface area contributed by atoms with E-state index in [0.29, 0.717) is 24.2 Å². The third-order valence-corrected chi connectivity index (χ3v) is 8.52. The first-order valence-electron chi connectivity index (χ1n) is 15.4. The maximum atomic E-state index is 12.9. The Morgan fingerprint density at radius 3 is 2.30 bits per heavy atom. The number of fused-ring (bicyclic) bond motifs is 1. The van der Waals surface area contributed by atoms with Crippen molar-refractivity contribution in [3.63, 3.8) is 0 Å². The Balaban J connectivity index is 1.17. The minimum Gasteiger partial charge on any atom is -0.392 e. The van der Waals surface area contributed by atoms with Crippen LogP contribution < -0.4 is 5.32 Å². The number of para-hydroxylation sites is 2. The minimum atomic E-state index is -0.653. The van der Waals surface area contributed by atoms with E-state index in [4.69, 9.17) is 9.47 Å². The Kier molecular flexibility index (Phi) is 9.77. The van der Waals surface area contributed by atoms with Gasteiger partial charge in [-0.3, -0.25) is 14.7 Å². The third-order valence-electron chi connectivity index (χ3n) is 8.52. The van der Waals surface area contributed by atoms with E-state index in [2.05, 4.69) is 20.2 Å². The standard InChI is InChI=1S/C37H38N4O5/c1-24(35(43)27-8-4-3-5-9-27)41(2)22-30-20-34(26-14-12-25(23-42)13-15-26)46-37(45-30)28-16-18-29(19-17-28)39-36(44)33-21-38-31-10-6-7-11-32(31)40-33/h3-19,21,24,30,34-35,37,42-43H,20,22-23H2,1-2H3,(H,39,44)/t24-,30+,34-,35-,37-/m1/s1. The summed E-state index contributed by atoms with van der Waals surface area (Å²) in [6.45, 7) is 2.57. The number of ether oxygens (including phenoxy) is 2. The topological polar surface area (TPSA) is 117 Å². The van der Waals surface area contributed by atoms with Crippen LogP contribution in [0.1, 0.15) is 64.6 Å². The lowest BCUT2D eigenvalue weighted by Crippen LogP contribution is -2.43. The summed E-state index contributed by atoms with van der Waals surface area (Å²) >= 11 is 0. The second-order valence-corrected chi connectivity index (χ2v) is 11.7. The first kappa shape index (κ1) is 31.5. The van der Waals surface area contributed by atoms with Crippen LogP contribution in [-0.2, 0) is 16.1 Å². The number of carbonyl (C=O) groups excluding carboxylic acids is 1. The fraction of sp³-hybridized carbons (Fsp3) is 0.270. The molecule has 9 nitrogen and oxygen atoms in total. The highest BCUT2D eigenvalue weighted by Crippen LogP contribution is 2.38. The number of aromatic nitrogens is 2. The molecule has 0 saturated carbocycles. The molecule has 0 bridgehead atoms. The number of hydrogen-bond donors (Lipinski definition) is 3. The van der Waals surface area contributed by atoms with E-state index < -0.39 is 12.4 Å². The van der Waals surface area contributed by atoms with Crippen LogP contribution in [0.15, 0.2) is 109 Å². The van der Waals surface area contributed by atoms with Crippen molar-refractivity contribution in [3.8, 4) is 0 Å². The second kappa shape index (κ2) is 14.3. The van der Waals surface area contributed by atoms with E-state index >= 15 is 0 Å². The fourth-order valence-corrected chi connectivity index (χ4v) is 5.68. The number of aliphatic hydroxyl groups excluding tert-OH is 2. The lowest BCUT2D eigenvalue weighted by Gasteiger charge is -2.39. The molecule has 6 rings (SSSR count). The number of aliphatic hydroxyl groups is 2. The second-order valence-electron chi connectivity index (χ2n) is 11.7. The van der Waals surface area contributed by atoms with E-state index in [1.807, 2.05) is 117 Å². The first-order valence-corrected chi connectivity index (χ1v) is 15.4. The van der Waals surface area contributed by atoms with E-state index in [-0.39, 0.29) is 36.5 Å². The molecule has 46 heavy (non-hydrogen) atoms. The Hall–Kier alpha value is -4.51. The number of anilines is 1. The van der Waals surface area contributed by atoms with Crippen molar-refractivity contribution >= 4 is 22.6 Å². The molecule has 1 amide bonds. The summed E-state index contributed by atoms with van der Waals surface area (Å²) in [6.07, 6.45) is 0.355. The molecule has 2 heterocycles. The van der Waals surface area contributed by atoms with Crippen LogP contribution in [0, 0.1) is 0 Å². The van der Waals surface area contributed by atoms with Crippen LogP contribution in [0.2, 0.25) is 0 Å². The van der Waals surface area contributed by atoms with Crippen LogP contribution >= 0.6 is 0 Å². The molecule has 1 aliphatic rings. The molecule has 0 spiro atoms. The van der Waals surface area contributed by atoms with Crippen molar-refractivity contribution in [2.75, 3.05) is 18.9 Å². The van der Waals surface area contributed by atoms with Gasteiger partial charge in [0.25, 0.3) is 5.91 Å².